The molecule has 2 rings (SSSR count). The second-order valence-electron chi connectivity index (χ2n) is 6.38. The van der Waals surface area contributed by atoms with Gasteiger partial charge in [-0.2, -0.15) is 0 Å². The highest BCUT2D eigenvalue weighted by molar-refractivity contribution is 5.91. The van der Waals surface area contributed by atoms with Crippen LogP contribution in [0.4, 0.5) is 5.69 Å². The van der Waals surface area contributed by atoms with Crippen molar-refractivity contribution in [2.75, 3.05) is 5.32 Å². The summed E-state index contributed by atoms with van der Waals surface area (Å²) in [6.07, 6.45) is 4.09. The first-order valence-electron chi connectivity index (χ1n) is 7.49. The van der Waals surface area contributed by atoms with Crippen LogP contribution in [-0.2, 0) is 9.59 Å². The number of aryl methyl sites for hydroxylation is 2. The lowest BCUT2D eigenvalue weighted by Gasteiger charge is -2.26. The summed E-state index contributed by atoms with van der Waals surface area (Å²) in [5, 5.41) is 12.0. The molecule has 1 fully saturated rings. The number of aliphatic carboxylic acids is 1. The van der Waals surface area contributed by atoms with Crippen molar-refractivity contribution in [2.45, 2.75) is 52.4 Å². The molecule has 1 aliphatic carbocycles. The second-order valence-corrected chi connectivity index (χ2v) is 6.38. The maximum atomic E-state index is 12.3. The number of carboxylic acids is 1. The van der Waals surface area contributed by atoms with Crippen LogP contribution in [0.5, 0.6) is 0 Å². The summed E-state index contributed by atoms with van der Waals surface area (Å²) in [7, 11) is 0. The Morgan fingerprint density at radius 1 is 1.10 bits per heavy atom. The second kappa shape index (κ2) is 6.29. The summed E-state index contributed by atoms with van der Waals surface area (Å²) >= 11 is 0. The van der Waals surface area contributed by atoms with Crippen molar-refractivity contribution < 1.29 is 14.7 Å². The summed E-state index contributed by atoms with van der Waals surface area (Å²) in [4.78, 5) is 23.3. The summed E-state index contributed by atoms with van der Waals surface area (Å²) in [6, 6.07) is 5.92. The van der Waals surface area contributed by atoms with Crippen molar-refractivity contribution in [3.63, 3.8) is 0 Å². The minimum Gasteiger partial charge on any atom is -0.481 e. The number of amides is 1. The molecule has 1 amide bonds. The van der Waals surface area contributed by atoms with Gasteiger partial charge < -0.3 is 10.4 Å². The molecule has 1 saturated carbocycles. The number of nitrogens with one attached hydrogen (secondary N) is 1. The molecule has 0 heterocycles. The third-order valence-corrected chi connectivity index (χ3v) is 4.23. The van der Waals surface area contributed by atoms with Crippen LogP contribution in [0.3, 0.4) is 0 Å². The van der Waals surface area contributed by atoms with E-state index in [1.807, 2.05) is 26.0 Å². The van der Waals surface area contributed by atoms with Gasteiger partial charge >= 0.3 is 5.97 Å². The average molecular weight is 289 g/mol. The van der Waals surface area contributed by atoms with Gasteiger partial charge in [-0.1, -0.05) is 18.9 Å². The number of anilines is 1. The Morgan fingerprint density at radius 3 is 2.19 bits per heavy atom. The largest absolute Gasteiger partial charge is 0.481 e. The normalized spacial score (nSPS) is 16.7. The van der Waals surface area contributed by atoms with Crippen LogP contribution in [0.1, 0.15) is 49.7 Å². The van der Waals surface area contributed by atoms with Gasteiger partial charge in [0.2, 0.25) is 5.91 Å². The summed E-state index contributed by atoms with van der Waals surface area (Å²) in [5.74, 6) is -0.890. The van der Waals surface area contributed by atoms with Gasteiger partial charge in [-0.25, -0.2) is 0 Å². The Morgan fingerprint density at radius 2 is 1.67 bits per heavy atom. The highest BCUT2D eigenvalue weighted by Crippen LogP contribution is 2.44. The molecule has 0 unspecified atom stereocenters. The SMILES string of the molecule is Cc1cc(C)cc(NC(=O)CC2(CC(=O)O)CCCC2)c1. The zero-order valence-electron chi connectivity index (χ0n) is 12.7. The highest BCUT2D eigenvalue weighted by atomic mass is 16.4. The van der Waals surface area contributed by atoms with E-state index >= 15 is 0 Å². The molecule has 4 heteroatoms. The first-order chi connectivity index (χ1) is 9.88. The Bertz CT molecular complexity index is 525. The van der Waals surface area contributed by atoms with Crippen LogP contribution in [0.25, 0.3) is 0 Å². The molecule has 0 spiro atoms. The maximum absolute atomic E-state index is 12.3. The van der Waals surface area contributed by atoms with E-state index < -0.39 is 5.97 Å². The zero-order chi connectivity index (χ0) is 15.5. The Labute approximate surface area is 125 Å². The third-order valence-electron chi connectivity index (χ3n) is 4.23. The van der Waals surface area contributed by atoms with E-state index in [0.717, 1.165) is 42.5 Å². The monoisotopic (exact) mass is 289 g/mol. The number of carbonyl (C=O) groups is 2. The third kappa shape index (κ3) is 4.31. The number of hydrogen-bond acceptors (Lipinski definition) is 2. The number of carboxylic acid groups (broad SMARTS) is 1. The fourth-order valence-electron chi connectivity index (χ4n) is 3.45. The van der Waals surface area contributed by atoms with Gasteiger partial charge in [-0.05, 0) is 55.4 Å². The number of rotatable bonds is 5. The van der Waals surface area contributed by atoms with Gasteiger partial charge in [-0.15, -0.1) is 0 Å². The van der Waals surface area contributed by atoms with Crippen LogP contribution < -0.4 is 5.32 Å². The Hall–Kier alpha value is -1.84. The molecule has 0 aliphatic heterocycles. The first kappa shape index (κ1) is 15.5. The summed E-state index contributed by atoms with van der Waals surface area (Å²) in [5.41, 5.74) is 2.65. The highest BCUT2D eigenvalue weighted by Gasteiger charge is 2.37. The molecule has 0 radical (unpaired) electrons. The lowest BCUT2D eigenvalue weighted by molar-refractivity contribution is -0.140. The molecule has 1 aromatic carbocycles. The zero-order valence-corrected chi connectivity index (χ0v) is 12.7. The predicted octanol–water partition coefficient (Wildman–Crippen LogP) is 3.67. The first-order valence-corrected chi connectivity index (χ1v) is 7.49. The van der Waals surface area contributed by atoms with Gasteiger partial charge in [0.05, 0.1) is 6.42 Å². The maximum Gasteiger partial charge on any atom is 0.303 e. The van der Waals surface area contributed by atoms with E-state index in [4.69, 9.17) is 5.11 Å². The minimum atomic E-state index is -0.809. The van der Waals surface area contributed by atoms with Crippen LogP contribution in [0.15, 0.2) is 18.2 Å². The van der Waals surface area contributed by atoms with Crippen LogP contribution in [0, 0.1) is 19.3 Å². The lowest BCUT2D eigenvalue weighted by Crippen LogP contribution is -2.27. The van der Waals surface area contributed by atoms with E-state index in [0.29, 0.717) is 6.42 Å². The molecule has 0 saturated heterocycles. The van der Waals surface area contributed by atoms with E-state index in [1.54, 1.807) is 0 Å². The summed E-state index contributed by atoms with van der Waals surface area (Å²) in [6.45, 7) is 3.98. The molecule has 1 aliphatic rings. The molecule has 0 bridgehead atoms. The topological polar surface area (TPSA) is 66.4 Å². The predicted molar refractivity (Wildman–Crippen MR) is 82.3 cm³/mol. The van der Waals surface area contributed by atoms with Gasteiger partial charge in [0.1, 0.15) is 0 Å². The molecule has 114 valence electrons. The van der Waals surface area contributed by atoms with Crippen LogP contribution in [-0.4, -0.2) is 17.0 Å². The van der Waals surface area contributed by atoms with Gasteiger partial charge in [0.15, 0.2) is 0 Å². The standard InChI is InChI=1S/C17H23NO3/c1-12-7-13(2)9-14(8-12)18-15(19)10-17(11-16(20)21)5-3-4-6-17/h7-9H,3-6,10-11H2,1-2H3,(H,18,19)(H,20,21). The quantitative estimate of drug-likeness (QED) is 0.869. The molecule has 0 atom stereocenters. The molecule has 4 nitrogen and oxygen atoms in total. The van der Waals surface area contributed by atoms with Crippen molar-refractivity contribution in [3.8, 4) is 0 Å². The minimum absolute atomic E-state index is 0.0804. The molecule has 2 N–H and O–H groups in total. The van der Waals surface area contributed by atoms with E-state index in [2.05, 4.69) is 11.4 Å². The van der Waals surface area contributed by atoms with Gasteiger partial charge in [-0.3, -0.25) is 9.59 Å². The fraction of sp³-hybridized carbons (Fsp3) is 0.529. The van der Waals surface area contributed by atoms with Crippen LogP contribution >= 0.6 is 0 Å². The van der Waals surface area contributed by atoms with Crippen molar-refractivity contribution in [2.24, 2.45) is 5.41 Å². The van der Waals surface area contributed by atoms with Crippen molar-refractivity contribution >= 4 is 17.6 Å². The van der Waals surface area contributed by atoms with Crippen LogP contribution in [0.2, 0.25) is 0 Å². The van der Waals surface area contributed by atoms with Crippen molar-refractivity contribution in [3.05, 3.63) is 29.3 Å². The van der Waals surface area contributed by atoms with E-state index in [9.17, 15) is 9.59 Å². The smallest absolute Gasteiger partial charge is 0.303 e. The van der Waals surface area contributed by atoms with E-state index in [1.165, 1.54) is 0 Å². The lowest BCUT2D eigenvalue weighted by atomic mass is 9.79. The molecular formula is C17H23NO3. The number of carbonyl (C=O) groups excluding carboxylic acids is 1. The molecule has 1 aromatic rings. The molecule has 0 aromatic heterocycles. The Balaban J connectivity index is 2.04. The fourth-order valence-corrected chi connectivity index (χ4v) is 3.45. The van der Waals surface area contributed by atoms with Crippen molar-refractivity contribution in [1.82, 2.24) is 0 Å². The van der Waals surface area contributed by atoms with Crippen molar-refractivity contribution in [1.29, 1.82) is 0 Å². The molecule has 21 heavy (non-hydrogen) atoms. The number of hydrogen-bond donors (Lipinski definition) is 2. The summed E-state index contributed by atoms with van der Waals surface area (Å²) < 4.78 is 0. The van der Waals surface area contributed by atoms with E-state index in [-0.39, 0.29) is 17.7 Å². The average Bonchev–Trinajstić information content (AvgIpc) is 2.74. The Kier molecular flexibility index (Phi) is 4.66. The van der Waals surface area contributed by atoms with Gasteiger partial charge in [0, 0.05) is 12.1 Å². The molecular weight excluding hydrogens is 266 g/mol. The van der Waals surface area contributed by atoms with Gasteiger partial charge in [0.25, 0.3) is 0 Å². The number of benzene rings is 1.